The Hall–Kier alpha value is -2.38. The smallest absolute Gasteiger partial charge is 0.243 e. The Balaban J connectivity index is 1.50. The third kappa shape index (κ3) is 2.97. The molecule has 1 saturated heterocycles. The second kappa shape index (κ2) is 6.74. The van der Waals surface area contributed by atoms with Crippen molar-refractivity contribution in [1.82, 2.24) is 13.9 Å². The zero-order valence-corrected chi connectivity index (χ0v) is 15.4. The van der Waals surface area contributed by atoms with Gasteiger partial charge in [-0.1, -0.05) is 12.1 Å². The summed E-state index contributed by atoms with van der Waals surface area (Å²) in [5.74, 6) is 0.648. The number of piperidine rings is 1. The van der Waals surface area contributed by atoms with E-state index in [0.717, 1.165) is 23.9 Å². The molecule has 0 aliphatic carbocycles. The van der Waals surface area contributed by atoms with Gasteiger partial charge in [0.1, 0.15) is 5.75 Å². The number of ether oxygens (including phenoxy) is 1. The number of aromatic nitrogens is 2. The fourth-order valence-corrected chi connectivity index (χ4v) is 5.00. The van der Waals surface area contributed by atoms with Gasteiger partial charge in [0.05, 0.1) is 29.4 Å². The molecule has 4 rings (SSSR count). The van der Waals surface area contributed by atoms with E-state index in [2.05, 4.69) is 15.6 Å². The summed E-state index contributed by atoms with van der Waals surface area (Å²) in [4.78, 5) is 4.75. The standard InChI is InChI=1S/C19H21N3O3S/c1-25-16-6-8-17(9-7-16)26(23,24)21-12-10-15(11-13-21)22-14-20-18-4-2-3-5-19(18)22/h2-9,14-15H,10-13H2,1H3. The summed E-state index contributed by atoms with van der Waals surface area (Å²) in [5, 5.41) is 0. The van der Waals surface area contributed by atoms with Crippen molar-refractivity contribution < 1.29 is 13.2 Å². The van der Waals surface area contributed by atoms with Crippen molar-refractivity contribution in [2.75, 3.05) is 20.2 Å². The first kappa shape index (κ1) is 17.1. The van der Waals surface area contributed by atoms with Gasteiger partial charge in [0, 0.05) is 19.1 Å². The fourth-order valence-electron chi connectivity index (χ4n) is 3.53. The maximum Gasteiger partial charge on any atom is 0.243 e. The van der Waals surface area contributed by atoms with Crippen LogP contribution in [0.5, 0.6) is 5.75 Å². The maximum absolute atomic E-state index is 12.9. The molecule has 0 amide bonds. The summed E-state index contributed by atoms with van der Waals surface area (Å²) >= 11 is 0. The summed E-state index contributed by atoms with van der Waals surface area (Å²) in [6, 6.07) is 14.9. The first-order valence-corrected chi connectivity index (χ1v) is 10.1. The normalized spacial score (nSPS) is 16.8. The summed E-state index contributed by atoms with van der Waals surface area (Å²) in [5.41, 5.74) is 2.07. The minimum absolute atomic E-state index is 0.268. The molecule has 6 nitrogen and oxygen atoms in total. The van der Waals surface area contributed by atoms with Crippen LogP contribution < -0.4 is 4.74 Å². The number of hydrogen-bond acceptors (Lipinski definition) is 4. The van der Waals surface area contributed by atoms with E-state index in [1.54, 1.807) is 35.7 Å². The monoisotopic (exact) mass is 371 g/mol. The highest BCUT2D eigenvalue weighted by molar-refractivity contribution is 7.89. The maximum atomic E-state index is 12.9. The zero-order chi connectivity index (χ0) is 18.1. The number of benzene rings is 2. The van der Waals surface area contributed by atoms with Crippen molar-refractivity contribution in [2.24, 2.45) is 0 Å². The van der Waals surface area contributed by atoms with Crippen molar-refractivity contribution in [3.63, 3.8) is 0 Å². The van der Waals surface area contributed by atoms with Gasteiger partial charge in [-0.25, -0.2) is 13.4 Å². The molecule has 0 N–H and O–H groups in total. The molecule has 1 aromatic heterocycles. The van der Waals surface area contributed by atoms with Crippen molar-refractivity contribution in [1.29, 1.82) is 0 Å². The van der Waals surface area contributed by atoms with E-state index in [4.69, 9.17) is 4.74 Å². The Kier molecular flexibility index (Phi) is 4.42. The summed E-state index contributed by atoms with van der Waals surface area (Å²) in [6.07, 6.45) is 3.41. The summed E-state index contributed by atoms with van der Waals surface area (Å²) in [6.45, 7) is 1.01. The minimum atomic E-state index is -3.47. The van der Waals surface area contributed by atoms with Gasteiger partial charge in [-0.05, 0) is 49.2 Å². The predicted molar refractivity (Wildman–Crippen MR) is 99.8 cm³/mol. The van der Waals surface area contributed by atoms with Gasteiger partial charge in [-0.15, -0.1) is 0 Å². The number of nitrogens with zero attached hydrogens (tertiary/aromatic N) is 3. The van der Waals surface area contributed by atoms with Gasteiger partial charge in [0.15, 0.2) is 0 Å². The third-order valence-electron chi connectivity index (χ3n) is 5.00. The van der Waals surface area contributed by atoms with Crippen LogP contribution in [0.1, 0.15) is 18.9 Å². The lowest BCUT2D eigenvalue weighted by atomic mass is 10.1. The highest BCUT2D eigenvalue weighted by atomic mass is 32.2. The zero-order valence-electron chi connectivity index (χ0n) is 14.6. The van der Waals surface area contributed by atoms with E-state index in [1.807, 2.05) is 24.5 Å². The van der Waals surface area contributed by atoms with E-state index >= 15 is 0 Å². The summed E-state index contributed by atoms with van der Waals surface area (Å²) < 4.78 is 34.6. The molecule has 136 valence electrons. The van der Waals surface area contributed by atoms with Crippen LogP contribution in [0.15, 0.2) is 59.8 Å². The number of fused-ring (bicyclic) bond motifs is 1. The topological polar surface area (TPSA) is 64.4 Å². The molecule has 0 atom stereocenters. The molecular formula is C19H21N3O3S. The molecular weight excluding hydrogens is 350 g/mol. The second-order valence-electron chi connectivity index (χ2n) is 6.45. The second-order valence-corrected chi connectivity index (χ2v) is 8.39. The number of para-hydroxylation sites is 2. The SMILES string of the molecule is COc1ccc(S(=O)(=O)N2CCC(n3cnc4ccccc43)CC2)cc1. The highest BCUT2D eigenvalue weighted by Crippen LogP contribution is 2.29. The minimum Gasteiger partial charge on any atom is -0.497 e. The quantitative estimate of drug-likeness (QED) is 0.707. The van der Waals surface area contributed by atoms with Gasteiger partial charge in [0.2, 0.25) is 10.0 Å². The molecule has 0 saturated carbocycles. The third-order valence-corrected chi connectivity index (χ3v) is 6.91. The molecule has 2 aromatic carbocycles. The molecule has 7 heteroatoms. The molecule has 0 spiro atoms. The van der Waals surface area contributed by atoms with Crippen LogP contribution in [0.3, 0.4) is 0 Å². The van der Waals surface area contributed by atoms with Crippen LogP contribution in [0, 0.1) is 0 Å². The molecule has 1 aliphatic heterocycles. The lowest BCUT2D eigenvalue weighted by Gasteiger charge is -2.32. The van der Waals surface area contributed by atoms with E-state index in [0.29, 0.717) is 23.7 Å². The van der Waals surface area contributed by atoms with Crippen LogP contribution in [-0.2, 0) is 10.0 Å². The van der Waals surface area contributed by atoms with Gasteiger partial charge < -0.3 is 9.30 Å². The number of hydrogen-bond donors (Lipinski definition) is 0. The van der Waals surface area contributed by atoms with Crippen molar-refractivity contribution in [3.05, 3.63) is 54.9 Å². The average molecular weight is 371 g/mol. The van der Waals surface area contributed by atoms with Crippen molar-refractivity contribution in [2.45, 2.75) is 23.8 Å². The van der Waals surface area contributed by atoms with E-state index < -0.39 is 10.0 Å². The van der Waals surface area contributed by atoms with Crippen LogP contribution in [-0.4, -0.2) is 42.5 Å². The molecule has 1 aliphatic rings. The molecule has 0 radical (unpaired) electrons. The van der Waals surface area contributed by atoms with Gasteiger partial charge in [-0.3, -0.25) is 0 Å². The van der Waals surface area contributed by atoms with Crippen LogP contribution in [0.25, 0.3) is 11.0 Å². The molecule has 0 unspecified atom stereocenters. The number of rotatable bonds is 4. The van der Waals surface area contributed by atoms with Crippen LogP contribution in [0.2, 0.25) is 0 Å². The van der Waals surface area contributed by atoms with Gasteiger partial charge >= 0.3 is 0 Å². The molecule has 2 heterocycles. The first-order valence-electron chi connectivity index (χ1n) is 8.65. The number of imidazole rings is 1. The Morgan fingerprint density at radius 2 is 1.73 bits per heavy atom. The van der Waals surface area contributed by atoms with Gasteiger partial charge in [-0.2, -0.15) is 4.31 Å². The number of methoxy groups -OCH3 is 1. The summed E-state index contributed by atoms with van der Waals surface area (Å²) in [7, 11) is -1.91. The molecule has 0 bridgehead atoms. The van der Waals surface area contributed by atoms with Crippen LogP contribution in [0.4, 0.5) is 0 Å². The Morgan fingerprint density at radius 3 is 2.42 bits per heavy atom. The fraction of sp³-hybridized carbons (Fsp3) is 0.316. The average Bonchev–Trinajstić information content (AvgIpc) is 3.12. The largest absolute Gasteiger partial charge is 0.497 e. The van der Waals surface area contributed by atoms with E-state index in [-0.39, 0.29) is 6.04 Å². The molecule has 1 fully saturated rings. The van der Waals surface area contributed by atoms with Gasteiger partial charge in [0.25, 0.3) is 0 Å². The van der Waals surface area contributed by atoms with E-state index in [9.17, 15) is 8.42 Å². The van der Waals surface area contributed by atoms with Crippen molar-refractivity contribution in [3.8, 4) is 5.75 Å². The lowest BCUT2D eigenvalue weighted by molar-refractivity contribution is 0.277. The van der Waals surface area contributed by atoms with E-state index in [1.165, 1.54) is 0 Å². The van der Waals surface area contributed by atoms with Crippen molar-refractivity contribution >= 4 is 21.1 Å². The molecule has 26 heavy (non-hydrogen) atoms. The Bertz CT molecular complexity index is 1000. The lowest BCUT2D eigenvalue weighted by Crippen LogP contribution is -2.38. The molecule has 3 aromatic rings. The predicted octanol–water partition coefficient (Wildman–Crippen LogP) is 3.07. The van der Waals surface area contributed by atoms with Crippen LogP contribution >= 0.6 is 0 Å². The number of sulfonamides is 1. The first-order chi connectivity index (χ1) is 12.6. The Morgan fingerprint density at radius 1 is 1.04 bits per heavy atom. The Labute approximate surface area is 153 Å². The highest BCUT2D eigenvalue weighted by Gasteiger charge is 2.30.